The van der Waals surface area contributed by atoms with Crippen molar-refractivity contribution in [1.29, 1.82) is 0 Å². The molecule has 3 nitrogen and oxygen atoms in total. The van der Waals surface area contributed by atoms with Gasteiger partial charge in [-0.15, -0.1) is 11.8 Å². The van der Waals surface area contributed by atoms with E-state index in [-0.39, 0.29) is 11.4 Å². The first-order chi connectivity index (χ1) is 10.1. The second-order valence-electron chi connectivity index (χ2n) is 5.53. The van der Waals surface area contributed by atoms with E-state index in [1.54, 1.807) is 24.2 Å². The quantitative estimate of drug-likeness (QED) is 0.936. The van der Waals surface area contributed by atoms with Crippen LogP contribution in [-0.4, -0.2) is 21.4 Å². The number of benzene rings is 1. The highest BCUT2D eigenvalue weighted by atomic mass is 32.2. The Morgan fingerprint density at radius 2 is 2.10 bits per heavy atom. The Bertz CT molecular complexity index is 605. The molecule has 1 N–H and O–H groups in total. The second kappa shape index (κ2) is 6.08. The highest BCUT2D eigenvalue weighted by Crippen LogP contribution is 2.42. The number of hydrogen-bond donors (Lipinski definition) is 1. The lowest BCUT2D eigenvalue weighted by Crippen LogP contribution is -2.15. The van der Waals surface area contributed by atoms with Crippen LogP contribution in [0.25, 0.3) is 0 Å². The summed E-state index contributed by atoms with van der Waals surface area (Å²) < 4.78 is 5.65. The molecule has 2 heterocycles. The van der Waals surface area contributed by atoms with E-state index in [1.165, 1.54) is 10.5 Å². The highest BCUT2D eigenvalue weighted by molar-refractivity contribution is 8.00. The van der Waals surface area contributed by atoms with E-state index in [1.807, 2.05) is 32.0 Å². The number of nitrogens with zero attached hydrogens (tertiary/aromatic N) is 1. The van der Waals surface area contributed by atoms with Crippen molar-refractivity contribution >= 4 is 11.8 Å². The molecule has 1 aliphatic heterocycles. The van der Waals surface area contributed by atoms with Gasteiger partial charge in [-0.05, 0) is 38.0 Å². The van der Waals surface area contributed by atoms with Gasteiger partial charge in [0.1, 0.15) is 5.75 Å². The molecule has 0 spiro atoms. The van der Waals surface area contributed by atoms with Gasteiger partial charge in [0.15, 0.2) is 0 Å². The first kappa shape index (κ1) is 14.4. The van der Waals surface area contributed by atoms with E-state index in [2.05, 4.69) is 17.1 Å². The molecule has 2 atom stereocenters. The molecule has 1 aliphatic rings. The fraction of sp³-hybridized carbons (Fsp3) is 0.353. The van der Waals surface area contributed by atoms with Gasteiger partial charge in [-0.3, -0.25) is 4.98 Å². The number of aliphatic hydroxyl groups excluding tert-OH is 1. The van der Waals surface area contributed by atoms with Crippen LogP contribution < -0.4 is 4.74 Å². The van der Waals surface area contributed by atoms with Gasteiger partial charge in [0, 0.05) is 21.9 Å². The van der Waals surface area contributed by atoms with Crippen molar-refractivity contribution in [2.24, 2.45) is 0 Å². The van der Waals surface area contributed by atoms with E-state index in [0.29, 0.717) is 5.75 Å². The van der Waals surface area contributed by atoms with Crippen LogP contribution in [0.3, 0.4) is 0 Å². The zero-order valence-corrected chi connectivity index (χ0v) is 13.0. The number of thioether (sulfide) groups is 1. The zero-order valence-electron chi connectivity index (χ0n) is 12.2. The molecule has 0 saturated heterocycles. The van der Waals surface area contributed by atoms with Crippen LogP contribution in [0.15, 0.2) is 47.6 Å². The van der Waals surface area contributed by atoms with Crippen LogP contribution in [0.4, 0.5) is 0 Å². The largest absolute Gasteiger partial charge is 0.489 e. The molecule has 0 bridgehead atoms. The Balaban J connectivity index is 1.76. The van der Waals surface area contributed by atoms with Crippen molar-refractivity contribution < 1.29 is 9.84 Å². The average Bonchev–Trinajstić information content (AvgIpc) is 2.90. The van der Waals surface area contributed by atoms with Gasteiger partial charge in [0.05, 0.1) is 18.4 Å². The number of pyridine rings is 1. The van der Waals surface area contributed by atoms with Crippen LogP contribution in [-0.2, 0) is 6.42 Å². The van der Waals surface area contributed by atoms with E-state index in [0.717, 1.165) is 12.0 Å². The minimum atomic E-state index is -0.536. The van der Waals surface area contributed by atoms with E-state index in [4.69, 9.17) is 4.74 Å². The highest BCUT2D eigenvalue weighted by Gasteiger charge is 2.29. The maximum atomic E-state index is 10.6. The Morgan fingerprint density at radius 1 is 1.29 bits per heavy atom. The summed E-state index contributed by atoms with van der Waals surface area (Å²) in [5.41, 5.74) is 2.13. The van der Waals surface area contributed by atoms with Gasteiger partial charge in [0.2, 0.25) is 0 Å². The Kier molecular flexibility index (Phi) is 4.17. The number of aromatic nitrogens is 1. The van der Waals surface area contributed by atoms with Crippen LogP contribution in [0.1, 0.15) is 31.1 Å². The minimum absolute atomic E-state index is 0.101. The van der Waals surface area contributed by atoms with Crippen molar-refractivity contribution in [2.75, 3.05) is 0 Å². The van der Waals surface area contributed by atoms with Gasteiger partial charge in [-0.2, -0.15) is 0 Å². The lowest BCUT2D eigenvalue weighted by atomic mass is 10.0. The van der Waals surface area contributed by atoms with E-state index < -0.39 is 6.10 Å². The summed E-state index contributed by atoms with van der Waals surface area (Å²) in [7, 11) is 0. The molecule has 4 heteroatoms. The molecule has 1 aromatic carbocycles. The third-order valence-electron chi connectivity index (χ3n) is 3.47. The molecule has 0 saturated carbocycles. The summed E-state index contributed by atoms with van der Waals surface area (Å²) in [6, 6.07) is 10.2. The molecular formula is C17H19NO2S. The number of fused-ring (bicyclic) bond motifs is 1. The maximum absolute atomic E-state index is 10.6. The second-order valence-corrected chi connectivity index (χ2v) is 6.81. The van der Waals surface area contributed by atoms with E-state index in [9.17, 15) is 5.11 Å². The molecule has 0 radical (unpaired) electrons. The lowest BCUT2D eigenvalue weighted by molar-refractivity contribution is 0.173. The van der Waals surface area contributed by atoms with Gasteiger partial charge in [-0.1, -0.05) is 18.2 Å². The Labute approximate surface area is 129 Å². The lowest BCUT2D eigenvalue weighted by Gasteiger charge is -2.18. The van der Waals surface area contributed by atoms with Crippen LogP contribution >= 0.6 is 11.8 Å². The molecule has 0 aliphatic carbocycles. The van der Waals surface area contributed by atoms with Crippen molar-refractivity contribution in [3.05, 3.63) is 53.9 Å². The SMILES string of the molecule is CC(C)Oc1cncc(C(O)C2Cc3ccccc3S2)c1. The Morgan fingerprint density at radius 3 is 2.86 bits per heavy atom. The summed E-state index contributed by atoms with van der Waals surface area (Å²) in [5.74, 6) is 0.710. The summed E-state index contributed by atoms with van der Waals surface area (Å²) in [5, 5.41) is 10.8. The monoisotopic (exact) mass is 301 g/mol. The third kappa shape index (κ3) is 3.22. The Hall–Kier alpha value is -1.52. The molecule has 110 valence electrons. The standard InChI is InChI=1S/C17H19NO2S/c1-11(2)20-14-7-13(9-18-10-14)17(19)16-8-12-5-3-4-6-15(12)21-16/h3-7,9-11,16-17,19H,8H2,1-2H3. The summed E-state index contributed by atoms with van der Waals surface area (Å²) in [6.45, 7) is 3.96. The smallest absolute Gasteiger partial charge is 0.138 e. The van der Waals surface area contributed by atoms with Gasteiger partial charge < -0.3 is 9.84 Å². The summed E-state index contributed by atoms with van der Waals surface area (Å²) >= 11 is 1.74. The van der Waals surface area contributed by atoms with Crippen molar-refractivity contribution in [3.8, 4) is 5.75 Å². The first-order valence-electron chi connectivity index (χ1n) is 7.17. The summed E-state index contributed by atoms with van der Waals surface area (Å²) in [6.07, 6.45) is 3.86. The number of aliphatic hydroxyl groups is 1. The molecule has 3 rings (SSSR count). The topological polar surface area (TPSA) is 42.4 Å². The van der Waals surface area contributed by atoms with Gasteiger partial charge in [0.25, 0.3) is 0 Å². The molecule has 2 unspecified atom stereocenters. The van der Waals surface area contributed by atoms with Gasteiger partial charge >= 0.3 is 0 Å². The van der Waals surface area contributed by atoms with Crippen molar-refractivity contribution in [1.82, 2.24) is 4.98 Å². The predicted octanol–water partition coefficient (Wildman–Crippen LogP) is 3.62. The summed E-state index contributed by atoms with van der Waals surface area (Å²) in [4.78, 5) is 5.45. The fourth-order valence-electron chi connectivity index (χ4n) is 2.53. The molecule has 21 heavy (non-hydrogen) atoms. The van der Waals surface area contributed by atoms with Crippen LogP contribution in [0, 0.1) is 0 Å². The number of ether oxygens (including phenoxy) is 1. The zero-order chi connectivity index (χ0) is 14.8. The van der Waals surface area contributed by atoms with Gasteiger partial charge in [-0.25, -0.2) is 0 Å². The number of hydrogen-bond acceptors (Lipinski definition) is 4. The van der Waals surface area contributed by atoms with Crippen molar-refractivity contribution in [3.63, 3.8) is 0 Å². The van der Waals surface area contributed by atoms with Crippen LogP contribution in [0.5, 0.6) is 5.75 Å². The molecular weight excluding hydrogens is 282 g/mol. The third-order valence-corrected chi connectivity index (χ3v) is 4.85. The molecule has 1 aromatic heterocycles. The normalized spacial score (nSPS) is 18.6. The predicted molar refractivity (Wildman–Crippen MR) is 84.8 cm³/mol. The van der Waals surface area contributed by atoms with E-state index >= 15 is 0 Å². The van der Waals surface area contributed by atoms with Crippen molar-refractivity contribution in [2.45, 2.75) is 42.6 Å². The first-order valence-corrected chi connectivity index (χ1v) is 8.05. The molecule has 0 fully saturated rings. The number of rotatable bonds is 4. The minimum Gasteiger partial charge on any atom is -0.489 e. The van der Waals surface area contributed by atoms with Crippen LogP contribution in [0.2, 0.25) is 0 Å². The molecule has 0 amide bonds. The average molecular weight is 301 g/mol. The molecule has 2 aromatic rings. The maximum Gasteiger partial charge on any atom is 0.138 e. The fourth-order valence-corrected chi connectivity index (χ4v) is 3.87.